The number of aliphatic hydroxyl groups excluding tert-OH is 1. The highest BCUT2D eigenvalue weighted by molar-refractivity contribution is 5.91. The zero-order valence-corrected chi connectivity index (χ0v) is 22.1. The lowest BCUT2D eigenvalue weighted by molar-refractivity contribution is -0.0664. The minimum atomic E-state index is -0.505. The van der Waals surface area contributed by atoms with Crippen LogP contribution in [0.4, 0.5) is 20.7 Å². The fourth-order valence-corrected chi connectivity index (χ4v) is 4.46. The summed E-state index contributed by atoms with van der Waals surface area (Å²) < 4.78 is 32.0. The average Bonchev–Trinajstić information content (AvgIpc) is 2.89. The monoisotopic (exact) mass is 516 g/mol. The number of halogens is 1. The van der Waals surface area contributed by atoms with E-state index in [4.69, 9.17) is 14.2 Å². The molecule has 37 heavy (non-hydrogen) atoms. The number of pyridine rings is 1. The molecule has 10 heteroatoms. The Bertz CT molecular complexity index is 1100. The molecule has 202 valence electrons. The average molecular weight is 517 g/mol. The van der Waals surface area contributed by atoms with Crippen LogP contribution in [0.15, 0.2) is 24.3 Å². The Morgan fingerprint density at radius 1 is 1.19 bits per heavy atom. The number of benzene rings is 1. The summed E-state index contributed by atoms with van der Waals surface area (Å²) in [5.41, 5.74) is 2.22. The number of hydrogen-bond donors (Lipinski definition) is 2. The molecule has 0 saturated carbocycles. The first-order valence-corrected chi connectivity index (χ1v) is 12.7. The number of aliphatic hydroxyl groups is 1. The Labute approximate surface area is 217 Å². The van der Waals surface area contributed by atoms with E-state index in [2.05, 4.69) is 36.0 Å². The molecule has 3 heterocycles. The summed E-state index contributed by atoms with van der Waals surface area (Å²) in [4.78, 5) is 21.4. The van der Waals surface area contributed by atoms with Crippen molar-refractivity contribution in [1.82, 2.24) is 9.88 Å². The molecule has 0 radical (unpaired) electrons. The van der Waals surface area contributed by atoms with Gasteiger partial charge in [0.25, 0.3) is 0 Å². The summed E-state index contributed by atoms with van der Waals surface area (Å²) in [6.45, 7) is 11.9. The van der Waals surface area contributed by atoms with Crippen molar-refractivity contribution in [3.8, 4) is 17.0 Å². The number of carbonyl (C=O) groups excluding carboxylic acids is 1. The van der Waals surface area contributed by atoms with E-state index < -0.39 is 5.82 Å². The number of nitrogens with zero attached hydrogens (tertiary/aromatic N) is 3. The van der Waals surface area contributed by atoms with Crippen LogP contribution in [0.25, 0.3) is 11.1 Å². The van der Waals surface area contributed by atoms with Gasteiger partial charge in [-0.2, -0.15) is 4.98 Å². The Kier molecular flexibility index (Phi) is 8.51. The summed E-state index contributed by atoms with van der Waals surface area (Å²) in [6, 6.07) is 6.41. The molecule has 2 fully saturated rings. The molecule has 2 N–H and O–H groups in total. The molecule has 2 saturated heterocycles. The molecular weight excluding hydrogens is 479 g/mol. The second-order valence-corrected chi connectivity index (χ2v) is 10.5. The molecular formula is C27H37FN4O5. The number of rotatable bonds is 6. The second-order valence-electron chi connectivity index (χ2n) is 10.5. The summed E-state index contributed by atoms with van der Waals surface area (Å²) in [5.74, 6) is 0.572. The van der Waals surface area contributed by atoms with E-state index in [0.717, 1.165) is 11.1 Å². The van der Waals surface area contributed by atoms with Gasteiger partial charge in [-0.25, -0.2) is 9.18 Å². The number of morpholine rings is 2. The van der Waals surface area contributed by atoms with Crippen molar-refractivity contribution in [2.24, 2.45) is 5.41 Å². The van der Waals surface area contributed by atoms with E-state index in [0.29, 0.717) is 63.3 Å². The van der Waals surface area contributed by atoms with Gasteiger partial charge in [0.15, 0.2) is 0 Å². The topological polar surface area (TPSA) is 96.4 Å². The van der Waals surface area contributed by atoms with Gasteiger partial charge in [0.05, 0.1) is 38.2 Å². The van der Waals surface area contributed by atoms with E-state index in [-0.39, 0.29) is 36.5 Å². The summed E-state index contributed by atoms with van der Waals surface area (Å²) in [6.07, 6.45) is -0.0989. The first-order valence-electron chi connectivity index (χ1n) is 12.7. The molecule has 0 aliphatic carbocycles. The Morgan fingerprint density at radius 2 is 1.95 bits per heavy atom. The van der Waals surface area contributed by atoms with Crippen molar-refractivity contribution in [2.75, 3.05) is 69.4 Å². The van der Waals surface area contributed by atoms with Crippen molar-refractivity contribution < 1.29 is 28.5 Å². The van der Waals surface area contributed by atoms with Crippen molar-refractivity contribution in [3.05, 3.63) is 35.6 Å². The van der Waals surface area contributed by atoms with E-state index in [1.54, 1.807) is 17.0 Å². The second kappa shape index (κ2) is 11.6. The van der Waals surface area contributed by atoms with Gasteiger partial charge in [-0.3, -0.25) is 0 Å². The summed E-state index contributed by atoms with van der Waals surface area (Å²) in [5, 5.41) is 12.0. The molecule has 2 aliphatic heterocycles. The van der Waals surface area contributed by atoms with Crippen LogP contribution in [-0.2, 0) is 9.47 Å². The number of amides is 2. The molecule has 4 rings (SSSR count). The van der Waals surface area contributed by atoms with Crippen LogP contribution in [0, 0.1) is 18.2 Å². The lowest BCUT2D eigenvalue weighted by Gasteiger charge is -2.39. The largest absolute Gasteiger partial charge is 0.475 e. The number of ether oxygens (including phenoxy) is 3. The lowest BCUT2D eigenvalue weighted by atomic mass is 9.88. The Hall–Kier alpha value is -2.95. The third-order valence-electron chi connectivity index (χ3n) is 6.65. The number of aryl methyl sites for hydroxylation is 1. The molecule has 2 aliphatic rings. The predicted octanol–water partition coefficient (Wildman–Crippen LogP) is 3.68. The van der Waals surface area contributed by atoms with Crippen molar-refractivity contribution in [1.29, 1.82) is 0 Å². The van der Waals surface area contributed by atoms with Crippen LogP contribution in [0.5, 0.6) is 5.88 Å². The third-order valence-corrected chi connectivity index (χ3v) is 6.65. The van der Waals surface area contributed by atoms with E-state index in [1.807, 2.05) is 13.0 Å². The zero-order valence-electron chi connectivity index (χ0n) is 22.1. The standard InChI is InChI=1S/C27H37FN4O5/c1-18-13-21(28)22(29-26(34)32-7-11-36-23(17-32)27(2,3)4)16-20(18)19-14-24(31-5-9-35-10-6-31)30-25(15-19)37-12-8-33/h13-16,23,33H,5-12,17H2,1-4H3,(H,29,34). The molecule has 1 atom stereocenters. The van der Waals surface area contributed by atoms with Crippen LogP contribution < -0.4 is 15.0 Å². The molecule has 0 bridgehead atoms. The smallest absolute Gasteiger partial charge is 0.322 e. The maximum absolute atomic E-state index is 15.0. The SMILES string of the molecule is Cc1cc(F)c(NC(=O)N2CCOC(C(C)(C)C)C2)cc1-c1cc(OCCO)nc(N2CCOCC2)c1. The highest BCUT2D eigenvalue weighted by atomic mass is 19.1. The van der Waals surface area contributed by atoms with Crippen LogP contribution in [0.2, 0.25) is 0 Å². The number of aromatic nitrogens is 1. The Morgan fingerprint density at radius 3 is 2.65 bits per heavy atom. The van der Waals surface area contributed by atoms with E-state index in [1.165, 1.54) is 6.07 Å². The fraction of sp³-hybridized carbons (Fsp3) is 0.556. The molecule has 1 unspecified atom stereocenters. The molecule has 2 aromatic rings. The number of anilines is 2. The van der Waals surface area contributed by atoms with Crippen molar-refractivity contribution in [3.63, 3.8) is 0 Å². The molecule has 2 amide bonds. The molecule has 9 nitrogen and oxygen atoms in total. The van der Waals surface area contributed by atoms with Gasteiger partial charge >= 0.3 is 6.03 Å². The quantitative estimate of drug-likeness (QED) is 0.605. The minimum absolute atomic E-state index is 0.0989. The van der Waals surface area contributed by atoms with Crippen LogP contribution >= 0.6 is 0 Å². The van der Waals surface area contributed by atoms with Gasteiger partial charge in [0.1, 0.15) is 18.2 Å². The highest BCUT2D eigenvalue weighted by Crippen LogP contribution is 2.34. The summed E-state index contributed by atoms with van der Waals surface area (Å²) >= 11 is 0. The molecule has 1 aromatic heterocycles. The first-order chi connectivity index (χ1) is 17.7. The molecule has 0 spiro atoms. The number of carbonyl (C=O) groups is 1. The van der Waals surface area contributed by atoms with Gasteiger partial charge in [-0.15, -0.1) is 0 Å². The van der Waals surface area contributed by atoms with Gasteiger partial charge in [0.2, 0.25) is 5.88 Å². The summed E-state index contributed by atoms with van der Waals surface area (Å²) in [7, 11) is 0. The van der Waals surface area contributed by atoms with Crippen molar-refractivity contribution in [2.45, 2.75) is 33.8 Å². The number of hydrogen-bond acceptors (Lipinski definition) is 7. The van der Waals surface area contributed by atoms with Gasteiger partial charge in [0, 0.05) is 32.2 Å². The van der Waals surface area contributed by atoms with Gasteiger partial charge in [-0.05, 0) is 47.2 Å². The predicted molar refractivity (Wildman–Crippen MR) is 140 cm³/mol. The normalized spacial score (nSPS) is 18.6. The van der Waals surface area contributed by atoms with Crippen LogP contribution in [0.3, 0.4) is 0 Å². The Balaban J connectivity index is 1.62. The van der Waals surface area contributed by atoms with Crippen LogP contribution in [0.1, 0.15) is 26.3 Å². The van der Waals surface area contributed by atoms with E-state index >= 15 is 4.39 Å². The highest BCUT2D eigenvalue weighted by Gasteiger charge is 2.32. The maximum atomic E-state index is 15.0. The van der Waals surface area contributed by atoms with Crippen LogP contribution in [-0.4, -0.2) is 86.3 Å². The van der Waals surface area contributed by atoms with Gasteiger partial charge in [-0.1, -0.05) is 20.8 Å². The first kappa shape index (κ1) is 27.1. The molecule has 1 aromatic carbocycles. The van der Waals surface area contributed by atoms with Crippen molar-refractivity contribution >= 4 is 17.5 Å². The van der Waals surface area contributed by atoms with Gasteiger partial charge < -0.3 is 34.4 Å². The number of urea groups is 1. The lowest BCUT2D eigenvalue weighted by Crippen LogP contribution is -2.51. The zero-order chi connectivity index (χ0) is 26.6. The minimum Gasteiger partial charge on any atom is -0.475 e. The third kappa shape index (κ3) is 6.68. The number of nitrogens with one attached hydrogen (secondary N) is 1. The van der Waals surface area contributed by atoms with E-state index in [9.17, 15) is 9.90 Å². The fourth-order valence-electron chi connectivity index (χ4n) is 4.46. The maximum Gasteiger partial charge on any atom is 0.322 e.